The van der Waals surface area contributed by atoms with E-state index < -0.39 is 0 Å². The molecule has 0 bridgehead atoms. The number of benzene rings is 2. The van der Waals surface area contributed by atoms with Crippen LogP contribution in [0.2, 0.25) is 0 Å². The SMILES string of the molecule is Br.CCn1c2ccccc2c2cc(CNC(C)COC)ccc21. The van der Waals surface area contributed by atoms with Gasteiger partial charge in [-0.25, -0.2) is 0 Å². The van der Waals surface area contributed by atoms with Gasteiger partial charge in [-0.1, -0.05) is 24.3 Å². The molecule has 0 aliphatic carbocycles. The number of halogens is 1. The van der Waals surface area contributed by atoms with Crippen molar-refractivity contribution in [2.24, 2.45) is 0 Å². The fourth-order valence-corrected chi connectivity index (χ4v) is 3.15. The van der Waals surface area contributed by atoms with Gasteiger partial charge < -0.3 is 14.6 Å². The van der Waals surface area contributed by atoms with Gasteiger partial charge in [-0.2, -0.15) is 0 Å². The molecule has 0 saturated heterocycles. The van der Waals surface area contributed by atoms with Crippen LogP contribution in [0.5, 0.6) is 0 Å². The third-order valence-corrected chi connectivity index (χ3v) is 4.22. The molecule has 0 spiro atoms. The smallest absolute Gasteiger partial charge is 0.0613 e. The van der Waals surface area contributed by atoms with Crippen molar-refractivity contribution in [2.45, 2.75) is 33.0 Å². The number of hydrogen-bond acceptors (Lipinski definition) is 2. The predicted octanol–water partition coefficient (Wildman–Crippen LogP) is 4.52. The molecule has 2 aromatic carbocycles. The van der Waals surface area contributed by atoms with Crippen LogP contribution in [0.4, 0.5) is 0 Å². The van der Waals surface area contributed by atoms with Gasteiger partial charge in [0.25, 0.3) is 0 Å². The number of methoxy groups -OCH3 is 1. The van der Waals surface area contributed by atoms with Crippen LogP contribution in [0.15, 0.2) is 42.5 Å². The van der Waals surface area contributed by atoms with E-state index in [-0.39, 0.29) is 17.0 Å². The Kier molecular flexibility index (Phi) is 6.22. The number of fused-ring (bicyclic) bond motifs is 3. The Labute approximate surface area is 148 Å². The molecule has 1 heterocycles. The fraction of sp³-hybridized carbons (Fsp3) is 0.368. The molecule has 0 fully saturated rings. The maximum Gasteiger partial charge on any atom is 0.0613 e. The minimum atomic E-state index is 0. The van der Waals surface area contributed by atoms with Crippen molar-refractivity contribution >= 4 is 38.8 Å². The van der Waals surface area contributed by atoms with E-state index in [0.29, 0.717) is 6.04 Å². The molecule has 0 amide bonds. The van der Waals surface area contributed by atoms with Gasteiger partial charge in [0.2, 0.25) is 0 Å². The molecule has 124 valence electrons. The van der Waals surface area contributed by atoms with E-state index in [1.54, 1.807) is 7.11 Å². The number of rotatable bonds is 6. The molecular formula is C19H25BrN2O. The first-order valence-electron chi connectivity index (χ1n) is 7.96. The van der Waals surface area contributed by atoms with Crippen LogP contribution in [0.1, 0.15) is 19.4 Å². The Balaban J connectivity index is 0.00000192. The van der Waals surface area contributed by atoms with Crippen molar-refractivity contribution in [3.63, 3.8) is 0 Å². The quantitative estimate of drug-likeness (QED) is 0.684. The first kappa shape index (κ1) is 18.0. The molecule has 23 heavy (non-hydrogen) atoms. The topological polar surface area (TPSA) is 26.2 Å². The van der Waals surface area contributed by atoms with Gasteiger partial charge in [0, 0.05) is 48.0 Å². The summed E-state index contributed by atoms with van der Waals surface area (Å²) in [6.07, 6.45) is 0. The van der Waals surface area contributed by atoms with Gasteiger partial charge in [0.15, 0.2) is 0 Å². The standard InChI is InChI=1S/C19H24N2O.BrH/c1-4-21-18-8-6-5-7-16(18)17-11-15(9-10-19(17)21)12-20-14(2)13-22-3;/h5-11,14,20H,4,12-13H2,1-3H3;1H. The summed E-state index contributed by atoms with van der Waals surface area (Å²) in [5, 5.41) is 6.18. The van der Waals surface area contributed by atoms with Crippen molar-refractivity contribution in [3.8, 4) is 0 Å². The number of nitrogens with one attached hydrogen (secondary N) is 1. The minimum absolute atomic E-state index is 0. The molecule has 0 saturated carbocycles. The Morgan fingerprint density at radius 1 is 1.09 bits per heavy atom. The van der Waals surface area contributed by atoms with Crippen LogP contribution in [-0.4, -0.2) is 24.3 Å². The number of para-hydroxylation sites is 1. The third kappa shape index (κ3) is 3.60. The predicted molar refractivity (Wildman–Crippen MR) is 104 cm³/mol. The number of hydrogen-bond donors (Lipinski definition) is 1. The maximum absolute atomic E-state index is 5.17. The van der Waals surface area contributed by atoms with Crippen LogP contribution in [0.3, 0.4) is 0 Å². The summed E-state index contributed by atoms with van der Waals surface area (Å²) in [5.74, 6) is 0. The van der Waals surface area contributed by atoms with E-state index in [9.17, 15) is 0 Å². The molecule has 1 atom stereocenters. The molecular weight excluding hydrogens is 352 g/mol. The molecule has 4 heteroatoms. The Hall–Kier alpha value is -1.36. The molecule has 3 rings (SSSR count). The highest BCUT2D eigenvalue weighted by molar-refractivity contribution is 8.93. The Bertz CT molecular complexity index is 781. The largest absolute Gasteiger partial charge is 0.383 e. The summed E-state index contributed by atoms with van der Waals surface area (Å²) in [6, 6.07) is 15.8. The zero-order valence-electron chi connectivity index (χ0n) is 14.0. The lowest BCUT2D eigenvalue weighted by molar-refractivity contribution is 0.171. The van der Waals surface area contributed by atoms with Gasteiger partial charge in [-0.15, -0.1) is 17.0 Å². The lowest BCUT2D eigenvalue weighted by atomic mass is 10.1. The fourth-order valence-electron chi connectivity index (χ4n) is 3.15. The highest BCUT2D eigenvalue weighted by Crippen LogP contribution is 2.29. The van der Waals surface area contributed by atoms with Crippen LogP contribution in [0, 0.1) is 0 Å². The second-order valence-corrected chi connectivity index (χ2v) is 5.85. The molecule has 1 unspecified atom stereocenters. The summed E-state index contributed by atoms with van der Waals surface area (Å²) >= 11 is 0. The van der Waals surface area contributed by atoms with Gasteiger partial charge in [0.1, 0.15) is 0 Å². The van der Waals surface area contributed by atoms with Gasteiger partial charge in [0.05, 0.1) is 6.61 Å². The average Bonchev–Trinajstić information content (AvgIpc) is 2.86. The van der Waals surface area contributed by atoms with E-state index >= 15 is 0 Å². The van der Waals surface area contributed by atoms with Crippen molar-refractivity contribution in [1.82, 2.24) is 9.88 Å². The normalized spacial score (nSPS) is 12.5. The lowest BCUT2D eigenvalue weighted by Crippen LogP contribution is -2.29. The summed E-state index contributed by atoms with van der Waals surface area (Å²) in [6.45, 7) is 6.94. The number of ether oxygens (including phenoxy) is 1. The lowest BCUT2D eigenvalue weighted by Gasteiger charge is -2.12. The first-order valence-corrected chi connectivity index (χ1v) is 7.96. The van der Waals surface area contributed by atoms with Crippen LogP contribution >= 0.6 is 17.0 Å². The van der Waals surface area contributed by atoms with Gasteiger partial charge in [-0.3, -0.25) is 0 Å². The highest BCUT2D eigenvalue weighted by Gasteiger charge is 2.09. The monoisotopic (exact) mass is 376 g/mol. The molecule has 3 nitrogen and oxygen atoms in total. The highest BCUT2D eigenvalue weighted by atomic mass is 79.9. The van der Waals surface area contributed by atoms with Crippen molar-refractivity contribution < 1.29 is 4.74 Å². The molecule has 0 aliphatic rings. The number of aryl methyl sites for hydroxylation is 1. The van der Waals surface area contributed by atoms with Gasteiger partial charge in [-0.05, 0) is 37.6 Å². The third-order valence-electron chi connectivity index (χ3n) is 4.22. The number of aromatic nitrogens is 1. The summed E-state index contributed by atoms with van der Waals surface area (Å²) in [5.41, 5.74) is 3.95. The zero-order chi connectivity index (χ0) is 15.5. The van der Waals surface area contributed by atoms with Crippen LogP contribution in [0.25, 0.3) is 21.8 Å². The van der Waals surface area contributed by atoms with Crippen molar-refractivity contribution in [2.75, 3.05) is 13.7 Å². The summed E-state index contributed by atoms with van der Waals surface area (Å²) in [4.78, 5) is 0. The molecule has 1 aromatic heterocycles. The van der Waals surface area contributed by atoms with E-state index in [2.05, 4.69) is 66.2 Å². The summed E-state index contributed by atoms with van der Waals surface area (Å²) in [7, 11) is 1.74. The van der Waals surface area contributed by atoms with E-state index in [1.807, 2.05) is 0 Å². The number of nitrogens with zero attached hydrogens (tertiary/aromatic N) is 1. The van der Waals surface area contributed by atoms with Crippen LogP contribution < -0.4 is 5.32 Å². The van der Waals surface area contributed by atoms with Crippen LogP contribution in [-0.2, 0) is 17.8 Å². The van der Waals surface area contributed by atoms with Crippen molar-refractivity contribution in [3.05, 3.63) is 48.0 Å². The van der Waals surface area contributed by atoms with E-state index in [0.717, 1.165) is 19.7 Å². The van der Waals surface area contributed by atoms with Crippen molar-refractivity contribution in [1.29, 1.82) is 0 Å². The van der Waals surface area contributed by atoms with Gasteiger partial charge >= 0.3 is 0 Å². The second-order valence-electron chi connectivity index (χ2n) is 5.85. The molecule has 3 aromatic rings. The van der Waals surface area contributed by atoms with E-state index in [4.69, 9.17) is 4.74 Å². The molecule has 0 aliphatic heterocycles. The Morgan fingerprint density at radius 3 is 2.57 bits per heavy atom. The zero-order valence-corrected chi connectivity index (χ0v) is 15.7. The molecule has 1 N–H and O–H groups in total. The molecule has 0 radical (unpaired) electrons. The minimum Gasteiger partial charge on any atom is -0.383 e. The Morgan fingerprint density at radius 2 is 1.83 bits per heavy atom. The maximum atomic E-state index is 5.17. The average molecular weight is 377 g/mol. The summed E-state index contributed by atoms with van der Waals surface area (Å²) < 4.78 is 7.56. The first-order chi connectivity index (χ1) is 10.7. The second kappa shape index (κ2) is 7.95. The van der Waals surface area contributed by atoms with E-state index in [1.165, 1.54) is 27.4 Å².